The third kappa shape index (κ3) is 3.21. The lowest BCUT2D eigenvalue weighted by Gasteiger charge is -2.08. The molecule has 1 aromatic carbocycles. The van der Waals surface area contributed by atoms with E-state index in [4.69, 9.17) is 5.73 Å². The van der Waals surface area contributed by atoms with Crippen molar-refractivity contribution in [3.8, 4) is 0 Å². The molecule has 0 saturated carbocycles. The first-order valence-corrected chi connectivity index (χ1v) is 5.75. The molecular formula is C14H17N3. The van der Waals surface area contributed by atoms with E-state index in [1.807, 2.05) is 12.1 Å². The van der Waals surface area contributed by atoms with Gasteiger partial charge in [0.25, 0.3) is 0 Å². The number of benzene rings is 1. The standard InChI is InChI=1S/C14H17N3/c1-11-4-2-3-5-12(11)6-8-16-13-7-9-17-14(15)10-13/h2-5,7,9-10H,6,8H2,1H3,(H3,15,16,17). The molecule has 0 bridgehead atoms. The molecule has 1 heterocycles. The van der Waals surface area contributed by atoms with Crippen molar-refractivity contribution in [3.63, 3.8) is 0 Å². The summed E-state index contributed by atoms with van der Waals surface area (Å²) in [6, 6.07) is 12.2. The third-order valence-corrected chi connectivity index (χ3v) is 2.77. The van der Waals surface area contributed by atoms with Gasteiger partial charge in [-0.1, -0.05) is 24.3 Å². The Labute approximate surface area is 102 Å². The predicted molar refractivity (Wildman–Crippen MR) is 72.0 cm³/mol. The molecule has 0 atom stereocenters. The van der Waals surface area contributed by atoms with Gasteiger partial charge in [0.05, 0.1) is 0 Å². The van der Waals surface area contributed by atoms with Crippen molar-refractivity contribution in [2.45, 2.75) is 13.3 Å². The summed E-state index contributed by atoms with van der Waals surface area (Å²) in [4.78, 5) is 3.96. The molecule has 1 aromatic heterocycles. The zero-order valence-corrected chi connectivity index (χ0v) is 9.98. The van der Waals surface area contributed by atoms with Crippen molar-refractivity contribution < 1.29 is 0 Å². The fourth-order valence-electron chi connectivity index (χ4n) is 1.79. The SMILES string of the molecule is Cc1ccccc1CCNc1ccnc(N)c1. The summed E-state index contributed by atoms with van der Waals surface area (Å²) in [5.74, 6) is 0.547. The first kappa shape index (κ1) is 11.5. The van der Waals surface area contributed by atoms with E-state index in [0.717, 1.165) is 18.7 Å². The van der Waals surface area contributed by atoms with Crippen LogP contribution in [0.4, 0.5) is 11.5 Å². The highest BCUT2D eigenvalue weighted by atomic mass is 14.9. The molecule has 3 N–H and O–H groups in total. The average molecular weight is 227 g/mol. The minimum Gasteiger partial charge on any atom is -0.385 e. The van der Waals surface area contributed by atoms with Gasteiger partial charge in [0.15, 0.2) is 0 Å². The summed E-state index contributed by atoms with van der Waals surface area (Å²) in [5, 5.41) is 3.34. The fraction of sp³-hybridized carbons (Fsp3) is 0.214. The number of aromatic nitrogens is 1. The Morgan fingerprint density at radius 3 is 2.82 bits per heavy atom. The maximum absolute atomic E-state index is 5.61. The Balaban J connectivity index is 1.90. The monoisotopic (exact) mass is 227 g/mol. The topological polar surface area (TPSA) is 50.9 Å². The molecule has 3 nitrogen and oxygen atoms in total. The maximum Gasteiger partial charge on any atom is 0.125 e. The molecule has 0 amide bonds. The number of hydrogen-bond acceptors (Lipinski definition) is 3. The van der Waals surface area contributed by atoms with Crippen molar-refractivity contribution >= 4 is 11.5 Å². The van der Waals surface area contributed by atoms with Gasteiger partial charge < -0.3 is 11.1 Å². The zero-order chi connectivity index (χ0) is 12.1. The van der Waals surface area contributed by atoms with Crippen LogP contribution in [0, 0.1) is 6.92 Å². The first-order chi connectivity index (χ1) is 8.25. The van der Waals surface area contributed by atoms with Crippen molar-refractivity contribution in [2.75, 3.05) is 17.6 Å². The Hall–Kier alpha value is -2.03. The van der Waals surface area contributed by atoms with Gasteiger partial charge in [-0.05, 0) is 30.5 Å². The fourth-order valence-corrected chi connectivity index (χ4v) is 1.79. The number of nitrogens with one attached hydrogen (secondary N) is 1. The number of hydrogen-bond donors (Lipinski definition) is 2. The minimum absolute atomic E-state index is 0.547. The molecule has 0 aliphatic carbocycles. The van der Waals surface area contributed by atoms with E-state index >= 15 is 0 Å². The van der Waals surface area contributed by atoms with Crippen LogP contribution in [0.3, 0.4) is 0 Å². The van der Waals surface area contributed by atoms with Crippen LogP contribution in [0.5, 0.6) is 0 Å². The molecule has 2 aromatic rings. The minimum atomic E-state index is 0.547. The molecule has 0 aliphatic heterocycles. The quantitative estimate of drug-likeness (QED) is 0.844. The van der Waals surface area contributed by atoms with Crippen molar-refractivity contribution in [3.05, 3.63) is 53.7 Å². The van der Waals surface area contributed by atoms with E-state index in [2.05, 4.69) is 41.5 Å². The number of aryl methyl sites for hydroxylation is 1. The van der Waals surface area contributed by atoms with Crippen LogP contribution in [0.2, 0.25) is 0 Å². The second kappa shape index (κ2) is 5.34. The van der Waals surface area contributed by atoms with Gasteiger partial charge in [-0.2, -0.15) is 0 Å². The van der Waals surface area contributed by atoms with Gasteiger partial charge in [0.2, 0.25) is 0 Å². The van der Waals surface area contributed by atoms with Crippen LogP contribution < -0.4 is 11.1 Å². The van der Waals surface area contributed by atoms with E-state index < -0.39 is 0 Å². The number of nitrogen functional groups attached to an aromatic ring is 1. The molecule has 0 fully saturated rings. The van der Waals surface area contributed by atoms with Crippen molar-refractivity contribution in [1.29, 1.82) is 0 Å². The Kier molecular flexibility index (Phi) is 3.60. The van der Waals surface area contributed by atoms with Crippen LogP contribution >= 0.6 is 0 Å². The van der Waals surface area contributed by atoms with Gasteiger partial charge in [-0.25, -0.2) is 4.98 Å². The lowest BCUT2D eigenvalue weighted by atomic mass is 10.1. The molecule has 0 saturated heterocycles. The number of pyridine rings is 1. The lowest BCUT2D eigenvalue weighted by molar-refractivity contribution is 1.00. The average Bonchev–Trinajstić information content (AvgIpc) is 2.32. The van der Waals surface area contributed by atoms with Gasteiger partial charge in [-0.3, -0.25) is 0 Å². The molecule has 17 heavy (non-hydrogen) atoms. The first-order valence-electron chi connectivity index (χ1n) is 5.75. The van der Waals surface area contributed by atoms with Crippen molar-refractivity contribution in [1.82, 2.24) is 4.98 Å². The van der Waals surface area contributed by atoms with Crippen LogP contribution in [0.25, 0.3) is 0 Å². The summed E-state index contributed by atoms with van der Waals surface area (Å²) in [5.41, 5.74) is 9.35. The molecule has 88 valence electrons. The molecule has 0 radical (unpaired) electrons. The van der Waals surface area contributed by atoms with E-state index in [-0.39, 0.29) is 0 Å². The summed E-state index contributed by atoms with van der Waals surface area (Å²) < 4.78 is 0. The maximum atomic E-state index is 5.61. The molecule has 0 spiro atoms. The highest BCUT2D eigenvalue weighted by molar-refractivity contribution is 5.49. The van der Waals surface area contributed by atoms with Gasteiger partial charge in [0, 0.05) is 24.5 Å². The smallest absolute Gasteiger partial charge is 0.125 e. The number of anilines is 2. The van der Waals surface area contributed by atoms with E-state index in [1.54, 1.807) is 6.20 Å². The Morgan fingerprint density at radius 2 is 2.06 bits per heavy atom. The van der Waals surface area contributed by atoms with E-state index in [9.17, 15) is 0 Å². The normalized spacial score (nSPS) is 10.2. The van der Waals surface area contributed by atoms with Crippen LogP contribution in [0.15, 0.2) is 42.6 Å². The third-order valence-electron chi connectivity index (χ3n) is 2.77. The van der Waals surface area contributed by atoms with Gasteiger partial charge >= 0.3 is 0 Å². The lowest BCUT2D eigenvalue weighted by Crippen LogP contribution is -2.06. The van der Waals surface area contributed by atoms with E-state index in [1.165, 1.54) is 11.1 Å². The highest BCUT2D eigenvalue weighted by Gasteiger charge is 1.97. The Morgan fingerprint density at radius 1 is 1.24 bits per heavy atom. The van der Waals surface area contributed by atoms with E-state index in [0.29, 0.717) is 5.82 Å². The summed E-state index contributed by atoms with van der Waals surface area (Å²) >= 11 is 0. The highest BCUT2D eigenvalue weighted by Crippen LogP contribution is 2.11. The number of rotatable bonds is 4. The summed E-state index contributed by atoms with van der Waals surface area (Å²) in [6.45, 7) is 3.04. The number of nitrogens with zero attached hydrogens (tertiary/aromatic N) is 1. The molecule has 3 heteroatoms. The van der Waals surface area contributed by atoms with Gasteiger partial charge in [-0.15, -0.1) is 0 Å². The van der Waals surface area contributed by atoms with Crippen LogP contribution in [-0.4, -0.2) is 11.5 Å². The Bertz CT molecular complexity index is 494. The largest absolute Gasteiger partial charge is 0.385 e. The molecule has 2 rings (SSSR count). The molecule has 0 aliphatic rings. The van der Waals surface area contributed by atoms with Crippen LogP contribution in [0.1, 0.15) is 11.1 Å². The van der Waals surface area contributed by atoms with Crippen LogP contribution in [-0.2, 0) is 6.42 Å². The van der Waals surface area contributed by atoms with Gasteiger partial charge in [0.1, 0.15) is 5.82 Å². The number of nitrogens with two attached hydrogens (primary N) is 1. The second-order valence-electron chi connectivity index (χ2n) is 4.07. The predicted octanol–water partition coefficient (Wildman–Crippen LogP) is 2.63. The zero-order valence-electron chi connectivity index (χ0n) is 9.98. The van der Waals surface area contributed by atoms with Crippen molar-refractivity contribution in [2.24, 2.45) is 0 Å². The summed E-state index contributed by atoms with van der Waals surface area (Å²) in [7, 11) is 0. The second-order valence-corrected chi connectivity index (χ2v) is 4.07. The molecular weight excluding hydrogens is 210 g/mol. The summed E-state index contributed by atoms with van der Waals surface area (Å²) in [6.07, 6.45) is 2.72. The molecule has 0 unspecified atom stereocenters.